The molecule has 2 aromatic carbocycles. The number of aromatic nitrogens is 1. The molecule has 1 aliphatic rings. The molecule has 3 N–H and O–H groups in total. The minimum atomic E-state index is -0.754. The zero-order valence-corrected chi connectivity index (χ0v) is 23.1. The number of oxazole rings is 1. The van der Waals surface area contributed by atoms with Gasteiger partial charge in [0.1, 0.15) is 11.6 Å². The van der Waals surface area contributed by atoms with Crippen molar-refractivity contribution in [1.82, 2.24) is 15.6 Å². The molecule has 1 aromatic heterocycles. The highest BCUT2D eigenvalue weighted by Crippen LogP contribution is 2.36. The highest BCUT2D eigenvalue weighted by molar-refractivity contribution is 8.16. The van der Waals surface area contributed by atoms with Gasteiger partial charge in [-0.1, -0.05) is 59.6 Å². The molecule has 0 saturated heterocycles. The van der Waals surface area contributed by atoms with Crippen LogP contribution >= 0.6 is 35.0 Å². The summed E-state index contributed by atoms with van der Waals surface area (Å²) < 4.78 is 5.78. The van der Waals surface area contributed by atoms with Crippen molar-refractivity contribution in [3.63, 3.8) is 0 Å². The summed E-state index contributed by atoms with van der Waals surface area (Å²) in [7, 11) is 1.63. The molecule has 37 heavy (non-hydrogen) atoms. The number of anilines is 1. The number of guanidine groups is 1. The molecule has 2 heterocycles. The molecular formula is C26H26Cl2N6O2S. The lowest BCUT2D eigenvalue weighted by atomic mass is 9.95. The standard InChI is InChI=1S/C26H26Cl2N6O2S/c1-5-14(2)13-37-26(29-4)33-23(35)21-15(3)30-24(32-22(21)17-12-16(27)10-11-18(17)28)34-25-31-19-8-6-7-9-20(19)36-25/h6-13,22H,5H2,1-4H3,(H,29,33,35)(H2,30,31,32,34)/b14-13+. The molecule has 0 aliphatic carbocycles. The van der Waals surface area contributed by atoms with Gasteiger partial charge in [0.25, 0.3) is 5.91 Å². The number of aliphatic imine (C=N–C) groups is 2. The Kier molecular flexibility index (Phi) is 8.58. The van der Waals surface area contributed by atoms with Crippen molar-refractivity contribution < 1.29 is 9.21 Å². The van der Waals surface area contributed by atoms with Crippen LogP contribution < -0.4 is 16.0 Å². The summed E-state index contributed by atoms with van der Waals surface area (Å²) in [4.78, 5) is 27.0. The van der Waals surface area contributed by atoms with E-state index in [1.54, 1.807) is 32.2 Å². The maximum atomic E-state index is 13.5. The summed E-state index contributed by atoms with van der Waals surface area (Å²) >= 11 is 14.2. The van der Waals surface area contributed by atoms with Gasteiger partial charge < -0.3 is 15.1 Å². The first-order chi connectivity index (χ1) is 17.8. The Bertz CT molecular complexity index is 1430. The number of nitrogens with zero attached hydrogens (tertiary/aromatic N) is 3. The topological polar surface area (TPSA) is 104 Å². The lowest BCUT2D eigenvalue weighted by molar-refractivity contribution is -0.116. The predicted octanol–water partition coefficient (Wildman–Crippen LogP) is 6.67. The maximum absolute atomic E-state index is 13.5. The number of allylic oxidation sites excluding steroid dienone is 2. The molecular weight excluding hydrogens is 531 g/mol. The van der Waals surface area contributed by atoms with Crippen LogP contribution in [0.15, 0.2) is 79.1 Å². The Hall–Kier alpha value is -3.27. The zero-order chi connectivity index (χ0) is 26.5. The Balaban J connectivity index is 1.67. The fourth-order valence-electron chi connectivity index (χ4n) is 3.55. The average Bonchev–Trinajstić information content (AvgIpc) is 3.29. The Morgan fingerprint density at radius 3 is 2.78 bits per heavy atom. The summed E-state index contributed by atoms with van der Waals surface area (Å²) in [6.45, 7) is 5.89. The van der Waals surface area contributed by atoms with E-state index in [4.69, 9.17) is 32.6 Å². The summed E-state index contributed by atoms with van der Waals surface area (Å²) in [6, 6.07) is 12.0. The molecule has 0 spiro atoms. The normalized spacial score (nSPS) is 16.5. The van der Waals surface area contributed by atoms with Crippen LogP contribution in [-0.4, -0.2) is 29.1 Å². The Labute approximate surface area is 229 Å². The molecule has 11 heteroatoms. The third-order valence-electron chi connectivity index (χ3n) is 5.61. The monoisotopic (exact) mass is 556 g/mol. The number of thioether (sulfide) groups is 1. The number of benzene rings is 2. The van der Waals surface area contributed by atoms with Gasteiger partial charge in [0.05, 0.1) is 5.57 Å². The van der Waals surface area contributed by atoms with Gasteiger partial charge in [0.15, 0.2) is 10.8 Å². The molecule has 1 atom stereocenters. The number of hydrogen-bond acceptors (Lipinski definition) is 8. The third-order valence-corrected chi connectivity index (χ3v) is 7.22. The van der Waals surface area contributed by atoms with E-state index in [1.807, 2.05) is 36.6 Å². The van der Waals surface area contributed by atoms with E-state index in [1.165, 1.54) is 17.3 Å². The van der Waals surface area contributed by atoms with Crippen LogP contribution in [0.5, 0.6) is 0 Å². The number of carbonyl (C=O) groups excluding carboxylic acids is 1. The minimum absolute atomic E-state index is 0.263. The highest BCUT2D eigenvalue weighted by atomic mass is 35.5. The molecule has 1 amide bonds. The van der Waals surface area contributed by atoms with Crippen LogP contribution in [0.25, 0.3) is 11.1 Å². The van der Waals surface area contributed by atoms with Gasteiger partial charge in [-0.2, -0.15) is 4.98 Å². The minimum Gasteiger partial charge on any atom is -0.423 e. The van der Waals surface area contributed by atoms with Gasteiger partial charge >= 0.3 is 6.01 Å². The van der Waals surface area contributed by atoms with Crippen LogP contribution in [0.4, 0.5) is 6.01 Å². The SMILES string of the molecule is CC/C(C)=C/SC(=NC)NC(=O)C1=C(C)NC(Nc2nc3ccccc3o2)=NC1c1cc(Cl)ccc1Cl. The van der Waals surface area contributed by atoms with E-state index in [-0.39, 0.29) is 11.9 Å². The summed E-state index contributed by atoms with van der Waals surface area (Å²) in [5.74, 6) is -0.00624. The van der Waals surface area contributed by atoms with Gasteiger partial charge in [0, 0.05) is 28.4 Å². The molecule has 0 fully saturated rings. The van der Waals surface area contributed by atoms with Crippen molar-refractivity contribution in [2.45, 2.75) is 33.2 Å². The number of halogens is 2. The van der Waals surface area contributed by atoms with Gasteiger partial charge in [0.2, 0.25) is 5.96 Å². The lowest BCUT2D eigenvalue weighted by Crippen LogP contribution is -2.40. The van der Waals surface area contributed by atoms with Crippen LogP contribution in [0.1, 0.15) is 38.8 Å². The number of hydrogen-bond donors (Lipinski definition) is 3. The number of carbonyl (C=O) groups is 1. The Morgan fingerprint density at radius 1 is 1.27 bits per heavy atom. The van der Waals surface area contributed by atoms with Crippen LogP contribution in [0, 0.1) is 0 Å². The van der Waals surface area contributed by atoms with E-state index < -0.39 is 6.04 Å². The largest absolute Gasteiger partial charge is 0.423 e. The molecule has 192 valence electrons. The van der Waals surface area contributed by atoms with Crippen LogP contribution in [0.2, 0.25) is 10.0 Å². The van der Waals surface area contributed by atoms with Crippen molar-refractivity contribution in [3.8, 4) is 0 Å². The van der Waals surface area contributed by atoms with Crippen molar-refractivity contribution in [3.05, 3.63) is 80.3 Å². The molecule has 0 bridgehead atoms. The van der Waals surface area contributed by atoms with E-state index >= 15 is 0 Å². The molecule has 4 rings (SSSR count). The number of rotatable bonds is 5. The highest BCUT2D eigenvalue weighted by Gasteiger charge is 2.32. The quantitative estimate of drug-likeness (QED) is 0.239. The third kappa shape index (κ3) is 6.36. The van der Waals surface area contributed by atoms with Crippen molar-refractivity contribution in [2.24, 2.45) is 9.98 Å². The van der Waals surface area contributed by atoms with E-state index in [0.717, 1.165) is 6.42 Å². The van der Waals surface area contributed by atoms with Crippen molar-refractivity contribution in [1.29, 1.82) is 0 Å². The lowest BCUT2D eigenvalue weighted by Gasteiger charge is -2.27. The van der Waals surface area contributed by atoms with Crippen molar-refractivity contribution >= 4 is 69.1 Å². The second-order valence-corrected chi connectivity index (χ2v) is 9.94. The maximum Gasteiger partial charge on any atom is 0.302 e. The van der Waals surface area contributed by atoms with Crippen molar-refractivity contribution in [2.75, 3.05) is 12.4 Å². The molecule has 1 unspecified atom stereocenters. The van der Waals surface area contributed by atoms with Crippen LogP contribution in [0.3, 0.4) is 0 Å². The van der Waals surface area contributed by atoms with Gasteiger partial charge in [-0.3, -0.25) is 15.1 Å². The second-order valence-electron chi connectivity index (χ2n) is 8.24. The second kappa shape index (κ2) is 11.9. The number of amides is 1. The first-order valence-electron chi connectivity index (χ1n) is 11.5. The number of fused-ring (bicyclic) bond motifs is 1. The first kappa shape index (κ1) is 26.8. The number of amidine groups is 1. The van der Waals surface area contributed by atoms with E-state index in [0.29, 0.717) is 49.1 Å². The average molecular weight is 558 g/mol. The molecule has 0 saturated carbocycles. The fraction of sp³-hybridized carbons (Fsp3) is 0.231. The molecule has 0 radical (unpaired) electrons. The molecule has 3 aromatic rings. The number of nitrogens with one attached hydrogen (secondary N) is 3. The Morgan fingerprint density at radius 2 is 2.05 bits per heavy atom. The zero-order valence-electron chi connectivity index (χ0n) is 20.7. The smallest absolute Gasteiger partial charge is 0.302 e. The van der Waals surface area contributed by atoms with Gasteiger partial charge in [-0.05, 0) is 56.0 Å². The van der Waals surface area contributed by atoms with Crippen LogP contribution in [-0.2, 0) is 4.79 Å². The van der Waals surface area contributed by atoms with Gasteiger partial charge in [-0.25, -0.2) is 4.99 Å². The number of para-hydroxylation sites is 2. The summed E-state index contributed by atoms with van der Waals surface area (Å²) in [5, 5.41) is 12.5. The molecule has 1 aliphatic heterocycles. The van der Waals surface area contributed by atoms with E-state index in [2.05, 4.69) is 32.9 Å². The first-order valence-corrected chi connectivity index (χ1v) is 13.2. The molecule has 8 nitrogen and oxygen atoms in total. The summed E-state index contributed by atoms with van der Waals surface area (Å²) in [6.07, 6.45) is 0.909. The predicted molar refractivity (Wildman–Crippen MR) is 153 cm³/mol. The van der Waals surface area contributed by atoms with Gasteiger partial charge in [-0.15, -0.1) is 0 Å². The fourth-order valence-corrected chi connectivity index (χ4v) is 4.69. The van der Waals surface area contributed by atoms with E-state index in [9.17, 15) is 4.79 Å². The summed E-state index contributed by atoms with van der Waals surface area (Å²) in [5.41, 5.74) is 4.07.